The first-order chi connectivity index (χ1) is 16.2. The Hall–Kier alpha value is -3.24. The van der Waals surface area contributed by atoms with E-state index >= 15 is 4.39 Å². The molecule has 0 aromatic heterocycles. The first-order valence-electron chi connectivity index (χ1n) is 11.4. The summed E-state index contributed by atoms with van der Waals surface area (Å²) in [6, 6.07) is 0.144. The zero-order valence-electron chi connectivity index (χ0n) is 18.5. The molecule has 1 aliphatic heterocycles. The number of hydrogen-bond acceptors (Lipinski definition) is 8. The summed E-state index contributed by atoms with van der Waals surface area (Å²) in [7, 11) is 1.52. The third-order valence-corrected chi connectivity index (χ3v) is 7.75. The number of allylic oxidation sites excluding steroid dienone is 1. The van der Waals surface area contributed by atoms with Gasteiger partial charge in [-0.05, 0) is 57.2 Å². The molecule has 3 aliphatic carbocycles. The van der Waals surface area contributed by atoms with Crippen LogP contribution >= 0.6 is 0 Å². The number of ketones is 2. The summed E-state index contributed by atoms with van der Waals surface area (Å²) < 4.78 is 15.6. The average molecular weight is 471 g/mol. The number of benzene rings is 1. The lowest BCUT2D eigenvalue weighted by Gasteiger charge is -2.44. The molecule has 1 aromatic rings. The number of aliphatic hydroxyl groups is 2. The molecule has 0 spiro atoms. The van der Waals surface area contributed by atoms with Gasteiger partial charge in [-0.3, -0.25) is 14.4 Å². The van der Waals surface area contributed by atoms with Crippen molar-refractivity contribution in [2.45, 2.75) is 37.8 Å². The lowest BCUT2D eigenvalue weighted by molar-refractivity contribution is -0.135. The largest absolute Gasteiger partial charge is 0.510 e. The number of aromatic hydroxyl groups is 1. The van der Waals surface area contributed by atoms with Gasteiger partial charge >= 0.3 is 0 Å². The van der Waals surface area contributed by atoms with Crippen LogP contribution in [-0.2, 0) is 20.8 Å². The second-order valence-electron chi connectivity index (χ2n) is 9.46. The zero-order chi connectivity index (χ0) is 24.5. The van der Waals surface area contributed by atoms with Crippen LogP contribution in [0.15, 0.2) is 23.0 Å². The fourth-order valence-corrected chi connectivity index (χ4v) is 6.28. The number of aliphatic hydroxyl groups excluding tert-OH is 2. The van der Waals surface area contributed by atoms with Crippen LogP contribution in [0.5, 0.6) is 5.75 Å². The number of nitrogens with two attached hydrogens (primary N) is 1. The SMILES string of the molecule is CN[C@@H]1C(O)=C(C(N)=O)C(=O)[C@H]2C(=O)C3=C(O)c4c(O)cc(C5CCCN5)c(F)c4C[C@H]3C[C@H]21. The molecule has 180 valence electrons. The Labute approximate surface area is 194 Å². The Morgan fingerprint density at radius 1 is 1.24 bits per heavy atom. The Morgan fingerprint density at radius 2 is 1.97 bits per heavy atom. The molecule has 9 nitrogen and oxygen atoms in total. The van der Waals surface area contributed by atoms with E-state index in [4.69, 9.17) is 5.73 Å². The van der Waals surface area contributed by atoms with E-state index in [1.807, 2.05) is 0 Å². The van der Waals surface area contributed by atoms with Crippen LogP contribution in [0.2, 0.25) is 0 Å². The first-order valence-corrected chi connectivity index (χ1v) is 11.4. The average Bonchev–Trinajstić information content (AvgIpc) is 3.30. The smallest absolute Gasteiger partial charge is 0.255 e. The van der Waals surface area contributed by atoms with Crippen molar-refractivity contribution in [1.29, 1.82) is 0 Å². The molecule has 1 heterocycles. The quantitative estimate of drug-likeness (QED) is 0.282. The van der Waals surface area contributed by atoms with Gasteiger partial charge in [0.2, 0.25) is 0 Å². The molecule has 1 saturated heterocycles. The number of likely N-dealkylation sites (N-methyl/N-ethyl adjacent to an activating group) is 1. The third-order valence-electron chi connectivity index (χ3n) is 7.75. The van der Waals surface area contributed by atoms with Gasteiger partial charge in [0.15, 0.2) is 11.6 Å². The van der Waals surface area contributed by atoms with Crippen molar-refractivity contribution >= 4 is 23.2 Å². The van der Waals surface area contributed by atoms with E-state index in [0.29, 0.717) is 12.0 Å². The highest BCUT2D eigenvalue weighted by atomic mass is 19.1. The molecule has 0 bridgehead atoms. The van der Waals surface area contributed by atoms with Crippen molar-refractivity contribution in [1.82, 2.24) is 10.6 Å². The van der Waals surface area contributed by atoms with Gasteiger partial charge in [0, 0.05) is 22.7 Å². The number of hydrogen-bond donors (Lipinski definition) is 6. The zero-order valence-corrected chi connectivity index (χ0v) is 18.5. The summed E-state index contributed by atoms with van der Waals surface area (Å²) in [6.45, 7) is 0.737. The maximum absolute atomic E-state index is 15.6. The number of phenolic OH excluding ortho intramolecular Hbond substituents is 1. The Kier molecular flexibility index (Phi) is 5.25. The molecule has 1 saturated carbocycles. The lowest BCUT2D eigenvalue weighted by Crippen LogP contribution is -2.55. The minimum Gasteiger partial charge on any atom is -0.510 e. The minimum atomic E-state index is -1.33. The molecule has 0 radical (unpaired) electrons. The normalized spacial score (nSPS) is 30.8. The molecule has 1 aromatic carbocycles. The Morgan fingerprint density at radius 3 is 2.59 bits per heavy atom. The second kappa shape index (κ2) is 7.92. The molecule has 2 fully saturated rings. The minimum absolute atomic E-state index is 0.0431. The van der Waals surface area contributed by atoms with Gasteiger partial charge in [0.25, 0.3) is 5.91 Å². The van der Waals surface area contributed by atoms with Crippen molar-refractivity contribution in [3.63, 3.8) is 0 Å². The summed E-state index contributed by atoms with van der Waals surface area (Å²) in [4.78, 5) is 38.4. The second-order valence-corrected chi connectivity index (χ2v) is 9.46. The van der Waals surface area contributed by atoms with Gasteiger partial charge in [-0.15, -0.1) is 0 Å². The fourth-order valence-electron chi connectivity index (χ4n) is 6.28. The van der Waals surface area contributed by atoms with E-state index < -0.39 is 64.2 Å². The van der Waals surface area contributed by atoms with Gasteiger partial charge < -0.3 is 31.7 Å². The molecule has 4 aliphatic rings. The van der Waals surface area contributed by atoms with E-state index in [1.165, 1.54) is 13.1 Å². The number of carbonyl (C=O) groups excluding carboxylic acids is 3. The van der Waals surface area contributed by atoms with E-state index in [9.17, 15) is 29.7 Å². The number of rotatable bonds is 3. The van der Waals surface area contributed by atoms with Crippen LogP contribution in [0.4, 0.5) is 4.39 Å². The molecule has 10 heteroatoms. The number of carbonyl (C=O) groups is 3. The van der Waals surface area contributed by atoms with Gasteiger partial charge in [-0.1, -0.05) is 0 Å². The third kappa shape index (κ3) is 3.01. The van der Waals surface area contributed by atoms with Crippen LogP contribution in [0, 0.1) is 23.6 Å². The number of primary amides is 1. The van der Waals surface area contributed by atoms with Gasteiger partial charge in [0.1, 0.15) is 28.7 Å². The molecule has 1 amide bonds. The molecule has 34 heavy (non-hydrogen) atoms. The number of Topliss-reactive ketones (excluding diaryl/α,β-unsaturated/α-hetero) is 2. The molecule has 7 N–H and O–H groups in total. The standard InChI is InChI=1S/C24H26FN3O6/c1-27-19-11-6-8-5-10-15(13(29)7-9(18(10)25)12-3-2-4-28-12)20(30)14(8)21(31)16(11)22(32)17(23(19)33)24(26)34/h7-8,11-12,16,19,27-30,33H,2-6H2,1H3,(H2,26,34)/t8-,11+,12?,16+,19-/m0/s1. The van der Waals surface area contributed by atoms with Crippen molar-refractivity contribution in [2.75, 3.05) is 13.6 Å². The predicted molar refractivity (Wildman–Crippen MR) is 118 cm³/mol. The van der Waals surface area contributed by atoms with E-state index in [0.717, 1.165) is 13.0 Å². The summed E-state index contributed by atoms with van der Waals surface area (Å²) in [5.74, 6) is -7.35. The number of phenols is 1. The van der Waals surface area contributed by atoms with Crippen molar-refractivity contribution in [3.8, 4) is 5.75 Å². The highest BCUT2D eigenvalue weighted by molar-refractivity contribution is 6.28. The highest BCUT2D eigenvalue weighted by Crippen LogP contribution is 2.50. The van der Waals surface area contributed by atoms with E-state index in [-0.39, 0.29) is 41.3 Å². The highest BCUT2D eigenvalue weighted by Gasteiger charge is 2.55. The number of fused-ring (bicyclic) bond motifs is 3. The Balaban J connectivity index is 1.63. The van der Waals surface area contributed by atoms with Crippen molar-refractivity contribution in [3.05, 3.63) is 45.5 Å². The van der Waals surface area contributed by atoms with Crippen LogP contribution in [0.1, 0.15) is 42.0 Å². The number of nitrogens with one attached hydrogen (secondary N) is 2. The lowest BCUT2D eigenvalue weighted by atomic mass is 9.59. The number of halogens is 1. The molecular formula is C24H26FN3O6. The van der Waals surface area contributed by atoms with Gasteiger partial charge in [-0.2, -0.15) is 0 Å². The molecule has 1 unspecified atom stereocenters. The van der Waals surface area contributed by atoms with Crippen LogP contribution in [0.25, 0.3) is 5.76 Å². The van der Waals surface area contributed by atoms with Crippen LogP contribution in [-0.4, -0.2) is 52.4 Å². The summed E-state index contributed by atoms with van der Waals surface area (Å²) in [5, 5.41) is 38.4. The fraction of sp³-hybridized carbons (Fsp3) is 0.458. The maximum atomic E-state index is 15.6. The summed E-state index contributed by atoms with van der Waals surface area (Å²) in [5.41, 5.74) is 4.90. The topological polar surface area (TPSA) is 162 Å². The molecule has 5 rings (SSSR count). The van der Waals surface area contributed by atoms with Gasteiger partial charge in [0.05, 0.1) is 17.5 Å². The van der Waals surface area contributed by atoms with Gasteiger partial charge in [-0.25, -0.2) is 4.39 Å². The maximum Gasteiger partial charge on any atom is 0.255 e. The van der Waals surface area contributed by atoms with Crippen molar-refractivity contribution < 1.29 is 34.1 Å². The molecular weight excluding hydrogens is 445 g/mol. The first kappa shape index (κ1) is 22.5. The van der Waals surface area contributed by atoms with Crippen molar-refractivity contribution in [2.24, 2.45) is 23.5 Å². The Bertz CT molecular complexity index is 1200. The summed E-state index contributed by atoms with van der Waals surface area (Å²) in [6.07, 6.45) is 1.81. The number of amides is 1. The van der Waals surface area contributed by atoms with E-state index in [1.54, 1.807) is 0 Å². The predicted octanol–water partition coefficient (Wildman–Crippen LogP) is 1.07. The summed E-state index contributed by atoms with van der Waals surface area (Å²) >= 11 is 0. The van der Waals surface area contributed by atoms with Crippen LogP contribution in [0.3, 0.4) is 0 Å². The van der Waals surface area contributed by atoms with Crippen LogP contribution < -0.4 is 16.4 Å². The monoisotopic (exact) mass is 471 g/mol. The van der Waals surface area contributed by atoms with E-state index in [2.05, 4.69) is 10.6 Å². The molecule has 5 atom stereocenters.